The maximum absolute atomic E-state index is 13.5. The van der Waals surface area contributed by atoms with Crippen LogP contribution in [0.3, 0.4) is 0 Å². The minimum Gasteiger partial charge on any atom is -0.452 e. The van der Waals surface area contributed by atoms with Crippen LogP contribution in [0, 0.1) is 0 Å². The standard InChI is InChI=1S/C14H10F12O/c1-5(7(15)9(17)11(3,19)13(21,22)23)27-6(2)8(16)10(18)12(4,20)14(24,25)26/h1-2H2,3-4H3. The van der Waals surface area contributed by atoms with Gasteiger partial charge < -0.3 is 4.74 Å². The van der Waals surface area contributed by atoms with Gasteiger partial charge in [0.05, 0.1) is 0 Å². The first-order valence-electron chi connectivity index (χ1n) is 6.38. The largest absolute Gasteiger partial charge is 0.452 e. The Morgan fingerprint density at radius 3 is 1.00 bits per heavy atom. The van der Waals surface area contributed by atoms with Gasteiger partial charge in [-0.2, -0.15) is 35.1 Å². The molecule has 0 N–H and O–H groups in total. The molecular formula is C14H10F12O. The first-order chi connectivity index (χ1) is 11.7. The second kappa shape index (κ2) is 7.50. The molecule has 2 unspecified atom stereocenters. The molecule has 0 bridgehead atoms. The zero-order valence-electron chi connectivity index (χ0n) is 13.4. The minimum absolute atomic E-state index is 0.429. The van der Waals surface area contributed by atoms with Crippen molar-refractivity contribution in [1.29, 1.82) is 0 Å². The van der Waals surface area contributed by atoms with Gasteiger partial charge >= 0.3 is 12.4 Å². The number of ether oxygens (including phenoxy) is 1. The van der Waals surface area contributed by atoms with E-state index in [9.17, 15) is 52.7 Å². The van der Waals surface area contributed by atoms with Gasteiger partial charge in [-0.15, -0.1) is 0 Å². The molecule has 0 heterocycles. The molecular weight excluding hydrogens is 412 g/mol. The highest BCUT2D eigenvalue weighted by Crippen LogP contribution is 2.44. The van der Waals surface area contributed by atoms with Gasteiger partial charge in [0.15, 0.2) is 34.8 Å². The molecule has 0 spiro atoms. The number of hydrogen-bond donors (Lipinski definition) is 0. The van der Waals surface area contributed by atoms with Gasteiger partial charge in [-0.3, -0.25) is 0 Å². The van der Waals surface area contributed by atoms with E-state index in [1.807, 2.05) is 0 Å². The van der Waals surface area contributed by atoms with E-state index < -0.39 is 72.4 Å². The fraction of sp³-hybridized carbons (Fsp3) is 0.429. The average molecular weight is 422 g/mol. The molecule has 0 amide bonds. The number of halogens is 12. The Morgan fingerprint density at radius 1 is 0.593 bits per heavy atom. The molecule has 13 heteroatoms. The van der Waals surface area contributed by atoms with E-state index in [1.165, 1.54) is 0 Å². The Bertz CT molecular complexity index is 617. The monoisotopic (exact) mass is 422 g/mol. The summed E-state index contributed by atoms with van der Waals surface area (Å²) in [6, 6.07) is 0. The molecule has 2 atom stereocenters. The van der Waals surface area contributed by atoms with Crippen molar-refractivity contribution in [3.8, 4) is 0 Å². The maximum atomic E-state index is 13.5. The molecule has 0 aliphatic carbocycles. The van der Waals surface area contributed by atoms with Crippen molar-refractivity contribution in [3.05, 3.63) is 48.0 Å². The Kier molecular flexibility index (Phi) is 6.93. The van der Waals surface area contributed by atoms with E-state index in [2.05, 4.69) is 17.9 Å². The normalized spacial score (nSPS) is 19.3. The molecule has 27 heavy (non-hydrogen) atoms. The molecule has 0 aromatic rings. The van der Waals surface area contributed by atoms with Crippen molar-refractivity contribution in [2.45, 2.75) is 37.5 Å². The number of alkyl halides is 8. The smallest absolute Gasteiger partial charge is 0.428 e. The Morgan fingerprint density at radius 2 is 0.815 bits per heavy atom. The fourth-order valence-corrected chi connectivity index (χ4v) is 1.14. The third-order valence-corrected chi connectivity index (χ3v) is 3.01. The van der Waals surface area contributed by atoms with Gasteiger partial charge in [0.2, 0.25) is 0 Å². The van der Waals surface area contributed by atoms with Crippen LogP contribution in [-0.2, 0) is 4.74 Å². The summed E-state index contributed by atoms with van der Waals surface area (Å²) in [5.41, 5.74) is -9.75. The lowest BCUT2D eigenvalue weighted by molar-refractivity contribution is -0.215. The SMILES string of the molecule is C=C(OC(=C)C(F)=C(F)C(C)(F)C(F)(F)F)C(F)=C(F)C(C)(F)C(F)(F)F. The second-order valence-corrected chi connectivity index (χ2v) is 5.21. The maximum Gasteiger partial charge on any atom is 0.428 e. The summed E-state index contributed by atoms with van der Waals surface area (Å²) < 4.78 is 158. The average Bonchev–Trinajstić information content (AvgIpc) is 2.49. The molecule has 0 fully saturated rings. The lowest BCUT2D eigenvalue weighted by Crippen LogP contribution is -2.39. The lowest BCUT2D eigenvalue weighted by Gasteiger charge is -2.23. The van der Waals surface area contributed by atoms with Gasteiger partial charge in [0.1, 0.15) is 0 Å². The van der Waals surface area contributed by atoms with E-state index in [-0.39, 0.29) is 0 Å². The molecule has 0 aromatic carbocycles. The van der Waals surface area contributed by atoms with Gasteiger partial charge in [-0.1, -0.05) is 13.2 Å². The molecule has 0 aliphatic rings. The van der Waals surface area contributed by atoms with Crippen LogP contribution in [0.15, 0.2) is 48.0 Å². The summed E-state index contributed by atoms with van der Waals surface area (Å²) in [4.78, 5) is 0. The third kappa shape index (κ3) is 5.01. The van der Waals surface area contributed by atoms with E-state index in [0.29, 0.717) is 0 Å². The van der Waals surface area contributed by atoms with Crippen LogP contribution in [0.2, 0.25) is 0 Å². The van der Waals surface area contributed by atoms with Crippen molar-refractivity contribution in [1.82, 2.24) is 0 Å². The van der Waals surface area contributed by atoms with Crippen LogP contribution in [0.4, 0.5) is 52.7 Å². The molecule has 1 nitrogen and oxygen atoms in total. The van der Waals surface area contributed by atoms with E-state index >= 15 is 0 Å². The summed E-state index contributed by atoms with van der Waals surface area (Å²) in [7, 11) is 0. The van der Waals surface area contributed by atoms with Gasteiger partial charge in [0.25, 0.3) is 11.3 Å². The second-order valence-electron chi connectivity index (χ2n) is 5.21. The van der Waals surface area contributed by atoms with Crippen molar-refractivity contribution < 1.29 is 57.4 Å². The Labute approximate surface area is 144 Å². The summed E-state index contributed by atoms with van der Waals surface area (Å²) in [6.07, 6.45) is -11.9. The number of rotatable bonds is 6. The fourth-order valence-electron chi connectivity index (χ4n) is 1.14. The van der Waals surface area contributed by atoms with Crippen molar-refractivity contribution >= 4 is 0 Å². The van der Waals surface area contributed by atoms with Crippen LogP contribution in [0.5, 0.6) is 0 Å². The predicted octanol–water partition coefficient (Wildman–Crippen LogP) is 6.91. The summed E-state index contributed by atoms with van der Waals surface area (Å²) in [5, 5.41) is 0. The highest BCUT2D eigenvalue weighted by molar-refractivity contribution is 5.32. The summed E-state index contributed by atoms with van der Waals surface area (Å²) in [6.45, 7) is 4.04. The number of hydrogen-bond acceptors (Lipinski definition) is 1. The Hall–Kier alpha value is -2.08. The van der Waals surface area contributed by atoms with Gasteiger partial charge in [-0.25, -0.2) is 17.6 Å². The zero-order chi connectivity index (χ0) is 22.2. The highest BCUT2D eigenvalue weighted by Gasteiger charge is 2.58. The van der Waals surface area contributed by atoms with E-state index in [4.69, 9.17) is 0 Å². The summed E-state index contributed by atoms with van der Waals surface area (Å²) >= 11 is 0. The quantitative estimate of drug-likeness (QED) is 0.257. The number of allylic oxidation sites excluding steroid dienone is 4. The van der Waals surface area contributed by atoms with E-state index in [0.717, 1.165) is 0 Å². The molecule has 0 radical (unpaired) electrons. The molecule has 0 saturated carbocycles. The summed E-state index contributed by atoms with van der Waals surface area (Å²) in [5.74, 6) is -15.6. The van der Waals surface area contributed by atoms with Crippen LogP contribution in [0.25, 0.3) is 0 Å². The van der Waals surface area contributed by atoms with Gasteiger partial charge in [0, 0.05) is 0 Å². The van der Waals surface area contributed by atoms with Crippen molar-refractivity contribution in [2.75, 3.05) is 0 Å². The predicted molar refractivity (Wildman–Crippen MR) is 69.0 cm³/mol. The minimum atomic E-state index is -5.94. The van der Waals surface area contributed by atoms with Crippen molar-refractivity contribution in [2.24, 2.45) is 0 Å². The first kappa shape index (κ1) is 24.9. The molecule has 156 valence electrons. The topological polar surface area (TPSA) is 9.23 Å². The van der Waals surface area contributed by atoms with Crippen LogP contribution in [0.1, 0.15) is 13.8 Å². The zero-order valence-corrected chi connectivity index (χ0v) is 13.4. The highest BCUT2D eigenvalue weighted by atomic mass is 19.4. The first-order valence-corrected chi connectivity index (χ1v) is 6.38. The van der Waals surface area contributed by atoms with Crippen molar-refractivity contribution in [3.63, 3.8) is 0 Å². The Balaban J connectivity index is 5.75. The van der Waals surface area contributed by atoms with Crippen LogP contribution in [-0.4, -0.2) is 23.7 Å². The third-order valence-electron chi connectivity index (χ3n) is 3.01. The molecule has 0 rings (SSSR count). The van der Waals surface area contributed by atoms with E-state index in [1.54, 1.807) is 0 Å². The molecule has 0 saturated heterocycles. The molecule has 0 aromatic heterocycles. The van der Waals surface area contributed by atoms with Gasteiger partial charge in [-0.05, 0) is 13.8 Å². The molecule has 0 aliphatic heterocycles. The van der Waals surface area contributed by atoms with Crippen LogP contribution >= 0.6 is 0 Å². The lowest BCUT2D eigenvalue weighted by atomic mass is 10.1. The van der Waals surface area contributed by atoms with Crippen LogP contribution < -0.4 is 0 Å².